The summed E-state index contributed by atoms with van der Waals surface area (Å²) in [6.07, 6.45) is 5.77. The van der Waals surface area contributed by atoms with E-state index in [9.17, 15) is 17.6 Å². The molecule has 1 heterocycles. The molecule has 1 atom stereocenters. The molecular weight excluding hydrogens is 437 g/mol. The van der Waals surface area contributed by atoms with Crippen molar-refractivity contribution in [3.63, 3.8) is 0 Å². The summed E-state index contributed by atoms with van der Waals surface area (Å²) >= 11 is 1.50. The molecule has 0 radical (unpaired) electrons. The Kier molecular flexibility index (Phi) is 8.34. The topological polar surface area (TPSA) is 78.5 Å². The molecule has 2 N–H and O–H groups in total. The van der Waals surface area contributed by atoms with Crippen LogP contribution in [-0.2, 0) is 14.8 Å². The first-order valence-electron chi connectivity index (χ1n) is 10.3. The molecule has 3 rings (SSSR count). The Morgan fingerprint density at radius 3 is 2.42 bits per heavy atom. The average molecular weight is 466 g/mol. The van der Waals surface area contributed by atoms with Crippen LogP contribution in [0.15, 0.2) is 53.4 Å². The highest BCUT2D eigenvalue weighted by Crippen LogP contribution is 2.22. The fourth-order valence-corrected chi connectivity index (χ4v) is 5.31. The molecule has 31 heavy (non-hydrogen) atoms. The molecule has 9 heteroatoms. The second kappa shape index (κ2) is 11.0. The van der Waals surface area contributed by atoms with Crippen LogP contribution in [-0.4, -0.2) is 45.5 Å². The normalized spacial score (nSPS) is 15.5. The minimum Gasteiger partial charge on any atom is -0.372 e. The van der Waals surface area contributed by atoms with Crippen LogP contribution in [0.2, 0.25) is 0 Å². The van der Waals surface area contributed by atoms with Crippen molar-refractivity contribution in [3.05, 3.63) is 54.3 Å². The summed E-state index contributed by atoms with van der Waals surface area (Å²) in [6, 6.07) is 11.7. The van der Waals surface area contributed by atoms with Gasteiger partial charge in [-0.15, -0.1) is 0 Å². The quantitative estimate of drug-likeness (QED) is 0.588. The van der Waals surface area contributed by atoms with Crippen molar-refractivity contribution < 1.29 is 17.6 Å². The maximum Gasteiger partial charge on any atom is 0.244 e. The summed E-state index contributed by atoms with van der Waals surface area (Å²) in [5, 5.41) is 2.78. The number of anilines is 2. The average Bonchev–Trinajstić information content (AvgIpc) is 2.78. The molecule has 1 aliphatic heterocycles. The number of carbonyl (C=O) groups is 1. The summed E-state index contributed by atoms with van der Waals surface area (Å²) < 4.78 is 41.7. The van der Waals surface area contributed by atoms with Crippen molar-refractivity contribution in [1.29, 1.82) is 0 Å². The van der Waals surface area contributed by atoms with Crippen LogP contribution >= 0.6 is 11.8 Å². The summed E-state index contributed by atoms with van der Waals surface area (Å²) in [6.45, 7) is 2.06. The maximum atomic E-state index is 14.0. The number of amides is 1. The smallest absolute Gasteiger partial charge is 0.244 e. The van der Waals surface area contributed by atoms with Gasteiger partial charge in [0.25, 0.3) is 0 Å². The van der Waals surface area contributed by atoms with Crippen LogP contribution in [0.3, 0.4) is 0 Å². The molecule has 2 aromatic carbocycles. The lowest BCUT2D eigenvalue weighted by atomic mass is 10.1. The molecule has 0 spiro atoms. The van der Waals surface area contributed by atoms with E-state index in [0.29, 0.717) is 11.4 Å². The summed E-state index contributed by atoms with van der Waals surface area (Å²) in [5.41, 5.74) is 1.70. The van der Waals surface area contributed by atoms with Crippen LogP contribution in [0.1, 0.15) is 25.7 Å². The first-order chi connectivity index (χ1) is 14.9. The Balaban J connectivity index is 1.70. The molecule has 2 aromatic rings. The lowest BCUT2D eigenvalue weighted by Crippen LogP contribution is -2.44. The zero-order chi connectivity index (χ0) is 22.3. The highest BCUT2D eigenvalue weighted by atomic mass is 32.2. The van der Waals surface area contributed by atoms with E-state index in [4.69, 9.17) is 0 Å². The largest absolute Gasteiger partial charge is 0.372 e. The molecule has 1 fully saturated rings. The number of hydrogen-bond donors (Lipinski definition) is 2. The molecule has 0 bridgehead atoms. The highest BCUT2D eigenvalue weighted by molar-refractivity contribution is 7.98. The van der Waals surface area contributed by atoms with Crippen molar-refractivity contribution in [2.75, 3.05) is 35.3 Å². The van der Waals surface area contributed by atoms with Crippen LogP contribution in [0, 0.1) is 5.82 Å². The fourth-order valence-electron chi connectivity index (χ4n) is 3.53. The van der Waals surface area contributed by atoms with Gasteiger partial charge in [-0.2, -0.15) is 16.5 Å². The Morgan fingerprint density at radius 1 is 1.10 bits per heavy atom. The lowest BCUT2D eigenvalue weighted by Gasteiger charge is -2.29. The van der Waals surface area contributed by atoms with Gasteiger partial charge in [-0.25, -0.2) is 12.8 Å². The van der Waals surface area contributed by atoms with E-state index >= 15 is 0 Å². The molecule has 1 unspecified atom stereocenters. The Labute approximate surface area is 187 Å². The van der Waals surface area contributed by atoms with Crippen LogP contribution in [0.25, 0.3) is 0 Å². The van der Waals surface area contributed by atoms with Crippen molar-refractivity contribution >= 4 is 39.1 Å². The number of rotatable bonds is 9. The molecule has 0 aromatic heterocycles. The first-order valence-corrected chi connectivity index (χ1v) is 13.2. The molecule has 0 saturated carbocycles. The third-order valence-electron chi connectivity index (χ3n) is 5.21. The second-order valence-corrected chi connectivity index (χ2v) is 10.1. The van der Waals surface area contributed by atoms with Gasteiger partial charge in [-0.3, -0.25) is 4.79 Å². The fraction of sp³-hybridized carbons (Fsp3) is 0.409. The van der Waals surface area contributed by atoms with E-state index in [-0.39, 0.29) is 6.42 Å². The minimum absolute atomic E-state index is 0.284. The molecule has 1 aliphatic rings. The Hall–Kier alpha value is -2.10. The summed E-state index contributed by atoms with van der Waals surface area (Å²) in [5.74, 6) is -0.752. The van der Waals surface area contributed by atoms with Crippen LogP contribution in [0.4, 0.5) is 15.8 Å². The van der Waals surface area contributed by atoms with Gasteiger partial charge in [-0.1, -0.05) is 12.1 Å². The third-order valence-corrected chi connectivity index (χ3v) is 7.36. The standard InChI is InChI=1S/C22H28FN3O3S2/c1-30-16-13-20(25-31(28,29)21-8-4-3-7-19(21)23)22(27)24-17-9-11-18(12-10-17)26-14-5-2-6-15-26/h3-4,7-12,20,25H,2,5-6,13-16H2,1H3,(H,24,27). The van der Waals surface area contributed by atoms with Crippen molar-refractivity contribution in [1.82, 2.24) is 4.72 Å². The predicted octanol–water partition coefficient (Wildman–Crippen LogP) is 3.85. The maximum absolute atomic E-state index is 14.0. The SMILES string of the molecule is CSCCC(NS(=O)(=O)c1ccccc1F)C(=O)Nc1ccc(N2CCCCC2)cc1. The number of nitrogens with zero attached hydrogens (tertiary/aromatic N) is 1. The minimum atomic E-state index is -4.18. The number of carbonyl (C=O) groups excluding carboxylic acids is 1. The van der Waals surface area contributed by atoms with Gasteiger partial charge in [0.05, 0.1) is 0 Å². The summed E-state index contributed by atoms with van der Waals surface area (Å²) in [4.78, 5) is 14.7. The van der Waals surface area contributed by atoms with Gasteiger partial charge in [0.2, 0.25) is 15.9 Å². The van der Waals surface area contributed by atoms with Gasteiger partial charge in [0, 0.05) is 24.5 Å². The van der Waals surface area contributed by atoms with Gasteiger partial charge >= 0.3 is 0 Å². The molecular formula is C22H28FN3O3S2. The number of thioether (sulfide) groups is 1. The number of sulfonamides is 1. The van der Waals surface area contributed by atoms with Gasteiger partial charge in [0.15, 0.2) is 0 Å². The van der Waals surface area contributed by atoms with E-state index in [1.807, 2.05) is 30.5 Å². The zero-order valence-electron chi connectivity index (χ0n) is 17.5. The van der Waals surface area contributed by atoms with Crippen molar-refractivity contribution in [3.8, 4) is 0 Å². The first kappa shape index (κ1) is 23.6. The molecule has 0 aliphatic carbocycles. The van der Waals surface area contributed by atoms with E-state index in [0.717, 1.165) is 24.8 Å². The lowest BCUT2D eigenvalue weighted by molar-refractivity contribution is -0.117. The molecule has 1 amide bonds. The Bertz CT molecular complexity index is 978. The zero-order valence-corrected chi connectivity index (χ0v) is 19.1. The predicted molar refractivity (Wildman–Crippen MR) is 125 cm³/mol. The number of nitrogens with one attached hydrogen (secondary N) is 2. The van der Waals surface area contributed by atoms with Crippen molar-refractivity contribution in [2.45, 2.75) is 36.6 Å². The van der Waals surface area contributed by atoms with Crippen LogP contribution < -0.4 is 14.9 Å². The highest BCUT2D eigenvalue weighted by Gasteiger charge is 2.27. The molecule has 6 nitrogen and oxygen atoms in total. The second-order valence-electron chi connectivity index (χ2n) is 7.47. The van der Waals surface area contributed by atoms with Crippen molar-refractivity contribution in [2.24, 2.45) is 0 Å². The van der Waals surface area contributed by atoms with Gasteiger partial charge in [-0.05, 0) is 74.1 Å². The number of piperidine rings is 1. The molecule has 1 saturated heterocycles. The van der Waals surface area contributed by atoms with Crippen LogP contribution in [0.5, 0.6) is 0 Å². The third kappa shape index (κ3) is 6.44. The monoisotopic (exact) mass is 465 g/mol. The number of benzene rings is 2. The van der Waals surface area contributed by atoms with E-state index < -0.39 is 32.7 Å². The van der Waals surface area contributed by atoms with E-state index in [2.05, 4.69) is 14.9 Å². The summed E-state index contributed by atoms with van der Waals surface area (Å²) in [7, 11) is -4.18. The number of halogens is 1. The molecule has 168 valence electrons. The van der Waals surface area contributed by atoms with E-state index in [1.54, 1.807) is 0 Å². The van der Waals surface area contributed by atoms with Gasteiger partial charge in [0.1, 0.15) is 16.8 Å². The number of hydrogen-bond acceptors (Lipinski definition) is 5. The van der Waals surface area contributed by atoms with Gasteiger partial charge < -0.3 is 10.2 Å². The Morgan fingerprint density at radius 2 is 1.77 bits per heavy atom. The van der Waals surface area contributed by atoms with E-state index in [1.165, 1.54) is 49.2 Å².